The summed E-state index contributed by atoms with van der Waals surface area (Å²) in [6.45, 7) is 1.28. The molecule has 0 saturated carbocycles. The van der Waals surface area contributed by atoms with Gasteiger partial charge in [0.05, 0.1) is 13.2 Å². The molecule has 0 aromatic rings. The van der Waals surface area contributed by atoms with Crippen molar-refractivity contribution in [3.05, 3.63) is 0 Å². The maximum Gasteiger partial charge on any atom is 0.242 e. The Balaban J connectivity index is 2.46. The molecule has 0 bridgehead atoms. The van der Waals surface area contributed by atoms with Gasteiger partial charge >= 0.3 is 0 Å². The number of carbonyl (C=O) groups excluding carboxylic acids is 2. The lowest BCUT2D eigenvalue weighted by molar-refractivity contribution is -0.140. The van der Waals surface area contributed by atoms with Crippen LogP contribution in [-0.4, -0.2) is 56.1 Å². The van der Waals surface area contributed by atoms with Crippen LogP contribution in [0.4, 0.5) is 0 Å². The Morgan fingerprint density at radius 2 is 2.50 bits per heavy atom. The third kappa shape index (κ3) is 2.68. The van der Waals surface area contributed by atoms with Crippen molar-refractivity contribution in [1.29, 1.82) is 0 Å². The van der Waals surface area contributed by atoms with Crippen molar-refractivity contribution < 1.29 is 14.3 Å². The van der Waals surface area contributed by atoms with E-state index in [9.17, 15) is 9.59 Å². The Labute approximate surface area is 82.4 Å². The number of piperazine rings is 1. The number of methoxy groups -OCH3 is 1. The number of nitrogens with two attached hydrogens (primary N) is 1. The average Bonchev–Trinajstić information content (AvgIpc) is 2.17. The molecule has 0 spiro atoms. The second-order valence-electron chi connectivity index (χ2n) is 3.17. The smallest absolute Gasteiger partial charge is 0.242 e. The van der Waals surface area contributed by atoms with Crippen molar-refractivity contribution in [2.24, 2.45) is 5.73 Å². The van der Waals surface area contributed by atoms with Gasteiger partial charge in [-0.25, -0.2) is 0 Å². The van der Waals surface area contributed by atoms with Crippen LogP contribution >= 0.6 is 0 Å². The lowest BCUT2D eigenvalue weighted by Gasteiger charge is -2.28. The van der Waals surface area contributed by atoms with Crippen LogP contribution in [0.2, 0.25) is 0 Å². The normalized spacial score (nSPS) is 19.0. The summed E-state index contributed by atoms with van der Waals surface area (Å²) in [5.74, 6) is -0.379. The van der Waals surface area contributed by atoms with Gasteiger partial charge in [-0.1, -0.05) is 0 Å². The number of carbonyl (C=O) groups is 2. The quantitative estimate of drug-likeness (QED) is 0.549. The molecule has 14 heavy (non-hydrogen) atoms. The van der Waals surface area contributed by atoms with E-state index in [2.05, 4.69) is 5.32 Å². The summed E-state index contributed by atoms with van der Waals surface area (Å²) >= 11 is 0. The Kier molecular flexibility index (Phi) is 3.84. The minimum atomic E-state index is -0.675. The van der Waals surface area contributed by atoms with Crippen LogP contribution in [0, 0.1) is 0 Å². The molecule has 1 heterocycles. The van der Waals surface area contributed by atoms with E-state index in [1.165, 1.54) is 12.0 Å². The maximum absolute atomic E-state index is 11.6. The molecule has 1 aliphatic heterocycles. The number of ether oxygens (including phenoxy) is 1. The highest BCUT2D eigenvalue weighted by molar-refractivity contribution is 5.88. The zero-order valence-electron chi connectivity index (χ0n) is 8.16. The molecule has 1 atom stereocenters. The first-order chi connectivity index (χ1) is 6.65. The van der Waals surface area contributed by atoms with Gasteiger partial charge in [0.25, 0.3) is 0 Å². The fraction of sp³-hybridized carbons (Fsp3) is 0.750. The van der Waals surface area contributed by atoms with Gasteiger partial charge in [-0.15, -0.1) is 0 Å². The topological polar surface area (TPSA) is 84.7 Å². The number of hydrogen-bond donors (Lipinski definition) is 2. The molecule has 0 aliphatic carbocycles. The maximum atomic E-state index is 11.6. The summed E-state index contributed by atoms with van der Waals surface area (Å²) < 4.78 is 4.77. The van der Waals surface area contributed by atoms with E-state index in [4.69, 9.17) is 10.5 Å². The van der Waals surface area contributed by atoms with Gasteiger partial charge < -0.3 is 20.7 Å². The van der Waals surface area contributed by atoms with Crippen molar-refractivity contribution in [3.8, 4) is 0 Å². The molecule has 6 heteroatoms. The third-order valence-electron chi connectivity index (χ3n) is 2.01. The molecule has 80 valence electrons. The summed E-state index contributed by atoms with van der Waals surface area (Å²) in [6.07, 6.45) is 0. The molecule has 3 N–H and O–H groups in total. The molecule has 1 fully saturated rings. The number of rotatable bonds is 3. The minimum Gasteiger partial charge on any atom is -0.383 e. The lowest BCUT2D eigenvalue weighted by Crippen LogP contribution is -2.55. The molecule has 1 unspecified atom stereocenters. The van der Waals surface area contributed by atoms with Gasteiger partial charge in [-0.05, 0) is 0 Å². The second-order valence-corrected chi connectivity index (χ2v) is 3.17. The van der Waals surface area contributed by atoms with Crippen molar-refractivity contribution in [3.63, 3.8) is 0 Å². The lowest BCUT2D eigenvalue weighted by atomic mass is 10.2. The van der Waals surface area contributed by atoms with Crippen LogP contribution in [0.3, 0.4) is 0 Å². The SMILES string of the molecule is COCC(N)C(=O)N1CCNC(=O)C1. The predicted molar refractivity (Wildman–Crippen MR) is 49.4 cm³/mol. The highest BCUT2D eigenvalue weighted by atomic mass is 16.5. The molecule has 6 nitrogen and oxygen atoms in total. The number of hydrogen-bond acceptors (Lipinski definition) is 4. The van der Waals surface area contributed by atoms with Crippen LogP contribution < -0.4 is 11.1 Å². The van der Waals surface area contributed by atoms with E-state index in [1.807, 2.05) is 0 Å². The fourth-order valence-corrected chi connectivity index (χ4v) is 1.31. The Bertz CT molecular complexity index is 232. The Morgan fingerprint density at radius 3 is 3.07 bits per heavy atom. The average molecular weight is 201 g/mol. The van der Waals surface area contributed by atoms with Crippen LogP contribution in [0.15, 0.2) is 0 Å². The molecule has 1 aliphatic rings. The summed E-state index contributed by atoms with van der Waals surface area (Å²) in [5.41, 5.74) is 5.56. The summed E-state index contributed by atoms with van der Waals surface area (Å²) in [7, 11) is 1.48. The first-order valence-electron chi connectivity index (χ1n) is 4.45. The van der Waals surface area contributed by atoms with Gasteiger partial charge in [0.1, 0.15) is 6.04 Å². The molecule has 0 aromatic heterocycles. The highest BCUT2D eigenvalue weighted by Gasteiger charge is 2.25. The monoisotopic (exact) mass is 201 g/mol. The van der Waals surface area contributed by atoms with E-state index in [1.54, 1.807) is 0 Å². The van der Waals surface area contributed by atoms with E-state index in [0.29, 0.717) is 13.1 Å². The molecular weight excluding hydrogens is 186 g/mol. The first-order valence-corrected chi connectivity index (χ1v) is 4.45. The molecule has 1 saturated heterocycles. The zero-order valence-corrected chi connectivity index (χ0v) is 8.16. The largest absolute Gasteiger partial charge is 0.383 e. The first kappa shape index (κ1) is 10.9. The van der Waals surface area contributed by atoms with Gasteiger partial charge in [-0.3, -0.25) is 9.59 Å². The minimum absolute atomic E-state index is 0.0935. The number of amides is 2. The molecule has 1 rings (SSSR count). The molecule has 2 amide bonds. The Hall–Kier alpha value is -1.14. The van der Waals surface area contributed by atoms with Crippen LogP contribution in [-0.2, 0) is 14.3 Å². The zero-order chi connectivity index (χ0) is 10.6. The standard InChI is InChI=1S/C8H15N3O3/c1-14-5-6(9)8(13)11-3-2-10-7(12)4-11/h6H,2-5,9H2,1H3,(H,10,12). The van der Waals surface area contributed by atoms with Gasteiger partial charge in [-0.2, -0.15) is 0 Å². The highest BCUT2D eigenvalue weighted by Crippen LogP contribution is 1.97. The van der Waals surface area contributed by atoms with E-state index >= 15 is 0 Å². The van der Waals surface area contributed by atoms with E-state index < -0.39 is 6.04 Å². The molecular formula is C8H15N3O3. The van der Waals surface area contributed by atoms with E-state index in [0.717, 1.165) is 0 Å². The van der Waals surface area contributed by atoms with Crippen molar-refractivity contribution in [2.75, 3.05) is 33.4 Å². The van der Waals surface area contributed by atoms with Gasteiger partial charge in [0.15, 0.2) is 0 Å². The third-order valence-corrected chi connectivity index (χ3v) is 2.01. The Morgan fingerprint density at radius 1 is 1.79 bits per heavy atom. The summed E-state index contributed by atoms with van der Waals surface area (Å²) in [6, 6.07) is -0.675. The molecule has 0 aromatic carbocycles. The van der Waals surface area contributed by atoms with Gasteiger partial charge in [0.2, 0.25) is 11.8 Å². The van der Waals surface area contributed by atoms with Crippen LogP contribution in [0.25, 0.3) is 0 Å². The van der Waals surface area contributed by atoms with Crippen molar-refractivity contribution in [1.82, 2.24) is 10.2 Å². The fourth-order valence-electron chi connectivity index (χ4n) is 1.31. The van der Waals surface area contributed by atoms with Gasteiger partial charge in [0, 0.05) is 20.2 Å². The van der Waals surface area contributed by atoms with Crippen molar-refractivity contribution in [2.45, 2.75) is 6.04 Å². The summed E-state index contributed by atoms with van der Waals surface area (Å²) in [5, 5.41) is 2.63. The number of nitrogens with one attached hydrogen (secondary N) is 1. The van der Waals surface area contributed by atoms with E-state index in [-0.39, 0.29) is 25.0 Å². The van der Waals surface area contributed by atoms with Crippen LogP contribution in [0.1, 0.15) is 0 Å². The predicted octanol–water partition coefficient (Wildman–Crippen LogP) is -2.08. The molecule has 0 radical (unpaired) electrons. The summed E-state index contributed by atoms with van der Waals surface area (Å²) in [4.78, 5) is 24.0. The number of nitrogens with zero attached hydrogens (tertiary/aromatic N) is 1. The van der Waals surface area contributed by atoms with Crippen LogP contribution in [0.5, 0.6) is 0 Å². The second kappa shape index (κ2) is 4.92. The van der Waals surface area contributed by atoms with Crippen molar-refractivity contribution >= 4 is 11.8 Å².